The Balaban J connectivity index is 2.92. The number of ether oxygens (including phenoxy) is 1. The number of amides is 1. The quantitative estimate of drug-likeness (QED) is 0.724. The fourth-order valence-corrected chi connectivity index (χ4v) is 1.87. The van der Waals surface area contributed by atoms with Gasteiger partial charge in [-0.15, -0.1) is 0 Å². The molecule has 21 heavy (non-hydrogen) atoms. The van der Waals surface area contributed by atoms with E-state index < -0.39 is 5.97 Å². The van der Waals surface area contributed by atoms with Crippen LogP contribution in [0.4, 0.5) is 5.69 Å². The van der Waals surface area contributed by atoms with E-state index in [2.05, 4.69) is 12.6 Å². The molecule has 1 amide bonds. The first-order chi connectivity index (χ1) is 9.99. The van der Waals surface area contributed by atoms with E-state index >= 15 is 0 Å². The van der Waals surface area contributed by atoms with E-state index in [9.17, 15) is 9.59 Å². The van der Waals surface area contributed by atoms with Crippen molar-refractivity contribution in [3.8, 4) is 5.75 Å². The highest BCUT2D eigenvalue weighted by atomic mass is 32.1. The second kappa shape index (κ2) is 8.56. The summed E-state index contributed by atoms with van der Waals surface area (Å²) in [5.41, 5.74) is 0.542. The number of nitrogens with zero attached hydrogens (tertiary/aromatic N) is 1. The largest absolute Gasteiger partial charge is 0.494 e. The van der Waals surface area contributed by atoms with Gasteiger partial charge in [0.25, 0.3) is 0 Å². The van der Waals surface area contributed by atoms with Gasteiger partial charge in [0.15, 0.2) is 0 Å². The molecule has 1 aromatic rings. The van der Waals surface area contributed by atoms with Crippen LogP contribution >= 0.6 is 12.6 Å². The van der Waals surface area contributed by atoms with Crippen molar-refractivity contribution in [1.82, 2.24) is 0 Å². The number of hydrogen-bond acceptors (Lipinski definition) is 4. The van der Waals surface area contributed by atoms with E-state index in [1.165, 1.54) is 4.90 Å². The van der Waals surface area contributed by atoms with Gasteiger partial charge in [-0.3, -0.25) is 9.59 Å². The number of carbonyl (C=O) groups is 2. The van der Waals surface area contributed by atoms with Crippen molar-refractivity contribution >= 4 is 30.2 Å². The van der Waals surface area contributed by atoms with Gasteiger partial charge in [-0.05, 0) is 30.7 Å². The van der Waals surface area contributed by atoms with E-state index in [4.69, 9.17) is 9.84 Å². The lowest BCUT2D eigenvalue weighted by molar-refractivity contribution is -0.137. The third kappa shape index (κ3) is 5.30. The van der Waals surface area contributed by atoms with Crippen LogP contribution in [0.2, 0.25) is 0 Å². The normalized spacial score (nSPS) is 11.8. The van der Waals surface area contributed by atoms with Gasteiger partial charge >= 0.3 is 5.97 Å². The maximum Gasteiger partial charge on any atom is 0.323 e. The Morgan fingerprint density at radius 3 is 2.43 bits per heavy atom. The molecular weight excluding hydrogens is 290 g/mol. The summed E-state index contributed by atoms with van der Waals surface area (Å²) in [4.78, 5) is 24.5. The van der Waals surface area contributed by atoms with Crippen LogP contribution in [0.15, 0.2) is 24.3 Å². The molecule has 0 aliphatic rings. The summed E-state index contributed by atoms with van der Waals surface area (Å²) in [5, 5.41) is 8.98. The lowest BCUT2D eigenvalue weighted by atomic mass is 10.1. The molecule has 1 N–H and O–H groups in total. The van der Waals surface area contributed by atoms with Gasteiger partial charge in [-0.1, -0.05) is 13.8 Å². The van der Waals surface area contributed by atoms with Crippen molar-refractivity contribution < 1.29 is 19.4 Å². The summed E-state index contributed by atoms with van der Waals surface area (Å²) >= 11 is 4.09. The average molecular weight is 311 g/mol. The Hall–Kier alpha value is -1.69. The fourth-order valence-electron chi connectivity index (χ4n) is 1.72. The Kier molecular flexibility index (Phi) is 7.08. The first kappa shape index (κ1) is 17.4. The number of aliphatic carboxylic acids is 1. The van der Waals surface area contributed by atoms with Crippen molar-refractivity contribution in [2.24, 2.45) is 5.92 Å². The van der Waals surface area contributed by atoms with Crippen molar-refractivity contribution in [3.05, 3.63) is 24.3 Å². The minimum Gasteiger partial charge on any atom is -0.494 e. The first-order valence-corrected chi connectivity index (χ1v) is 7.49. The smallest absolute Gasteiger partial charge is 0.323 e. The van der Waals surface area contributed by atoms with Crippen molar-refractivity contribution in [1.29, 1.82) is 0 Å². The number of carboxylic acid groups (broad SMARTS) is 1. The second-order valence-electron chi connectivity index (χ2n) is 4.74. The van der Waals surface area contributed by atoms with Gasteiger partial charge in [0, 0.05) is 17.4 Å². The molecule has 0 radical (unpaired) electrons. The van der Waals surface area contributed by atoms with Gasteiger partial charge in [-0.2, -0.15) is 12.6 Å². The molecule has 0 unspecified atom stereocenters. The summed E-state index contributed by atoms with van der Waals surface area (Å²) in [6.07, 6.45) is 0.908. The fraction of sp³-hybridized carbons (Fsp3) is 0.467. The Labute approximate surface area is 130 Å². The maximum atomic E-state index is 12.2. The van der Waals surface area contributed by atoms with E-state index in [1.807, 2.05) is 6.92 Å². The topological polar surface area (TPSA) is 66.8 Å². The number of rotatable bonds is 8. The van der Waals surface area contributed by atoms with Crippen LogP contribution in [0.25, 0.3) is 0 Å². The summed E-state index contributed by atoms with van der Waals surface area (Å²) in [6, 6.07) is 6.85. The monoisotopic (exact) mass is 311 g/mol. The summed E-state index contributed by atoms with van der Waals surface area (Å²) < 4.78 is 5.47. The lowest BCUT2D eigenvalue weighted by Gasteiger charge is -2.24. The molecule has 1 rings (SSSR count). The van der Waals surface area contributed by atoms with Gasteiger partial charge < -0.3 is 14.7 Å². The maximum absolute atomic E-state index is 12.2. The number of benzene rings is 1. The van der Waals surface area contributed by atoms with Gasteiger partial charge in [0.1, 0.15) is 12.3 Å². The van der Waals surface area contributed by atoms with Crippen LogP contribution in [-0.4, -0.2) is 35.9 Å². The molecule has 0 bridgehead atoms. The number of anilines is 1. The van der Waals surface area contributed by atoms with Gasteiger partial charge in [0.2, 0.25) is 5.91 Å². The highest BCUT2D eigenvalue weighted by molar-refractivity contribution is 7.80. The third-order valence-electron chi connectivity index (χ3n) is 2.88. The molecule has 0 saturated heterocycles. The molecule has 1 atom stereocenters. The molecule has 1 aromatic carbocycles. The number of carbonyl (C=O) groups excluding carboxylic acids is 1. The Morgan fingerprint density at radius 2 is 1.95 bits per heavy atom. The van der Waals surface area contributed by atoms with E-state index in [-0.39, 0.29) is 18.4 Å². The predicted molar refractivity (Wildman–Crippen MR) is 85.2 cm³/mol. The highest BCUT2D eigenvalue weighted by Crippen LogP contribution is 2.21. The van der Waals surface area contributed by atoms with Gasteiger partial charge in [0.05, 0.1) is 6.61 Å². The van der Waals surface area contributed by atoms with Crippen molar-refractivity contribution in [2.45, 2.75) is 20.3 Å². The zero-order valence-corrected chi connectivity index (χ0v) is 13.2. The number of hydrogen-bond donors (Lipinski definition) is 2. The number of thiol groups is 1. The third-order valence-corrected chi connectivity index (χ3v) is 3.42. The summed E-state index contributed by atoms with van der Waals surface area (Å²) in [6.45, 7) is 3.99. The summed E-state index contributed by atoms with van der Waals surface area (Å²) in [5.74, 6) is -0.586. The minimum absolute atomic E-state index is 0.255. The molecule has 0 saturated carbocycles. The molecule has 5 nitrogen and oxygen atoms in total. The second-order valence-corrected chi connectivity index (χ2v) is 5.11. The first-order valence-electron chi connectivity index (χ1n) is 6.86. The molecule has 0 aliphatic heterocycles. The summed E-state index contributed by atoms with van der Waals surface area (Å²) in [7, 11) is 0. The Morgan fingerprint density at radius 1 is 1.33 bits per heavy atom. The molecule has 0 heterocycles. The van der Waals surface area contributed by atoms with Crippen LogP contribution in [0, 0.1) is 5.92 Å². The predicted octanol–water partition coefficient (Wildman–Crippen LogP) is 2.46. The Bertz CT molecular complexity index is 475. The van der Waals surface area contributed by atoms with Crippen LogP contribution in [0.1, 0.15) is 20.3 Å². The van der Waals surface area contributed by atoms with E-state index in [0.29, 0.717) is 23.8 Å². The van der Waals surface area contributed by atoms with Crippen LogP contribution in [0.3, 0.4) is 0 Å². The molecule has 116 valence electrons. The lowest BCUT2D eigenvalue weighted by Crippen LogP contribution is -2.39. The van der Waals surface area contributed by atoms with Crippen LogP contribution < -0.4 is 9.64 Å². The van der Waals surface area contributed by atoms with Crippen molar-refractivity contribution in [3.63, 3.8) is 0 Å². The van der Waals surface area contributed by atoms with Crippen LogP contribution in [-0.2, 0) is 9.59 Å². The van der Waals surface area contributed by atoms with Gasteiger partial charge in [-0.25, -0.2) is 0 Å². The number of carboxylic acids is 1. The van der Waals surface area contributed by atoms with Crippen molar-refractivity contribution in [2.75, 3.05) is 23.8 Å². The van der Waals surface area contributed by atoms with E-state index in [1.54, 1.807) is 31.2 Å². The average Bonchev–Trinajstić information content (AvgIpc) is 2.49. The highest BCUT2D eigenvalue weighted by Gasteiger charge is 2.23. The molecule has 0 aliphatic carbocycles. The molecule has 6 heteroatoms. The zero-order valence-electron chi connectivity index (χ0n) is 12.3. The molecule has 0 spiro atoms. The SMILES string of the molecule is CCCOc1ccc(N(CC(=O)O)C(=O)[C@H](C)CS)cc1. The van der Waals surface area contributed by atoms with Crippen LogP contribution in [0.5, 0.6) is 5.75 Å². The molecule has 0 aromatic heterocycles. The standard InChI is InChI=1S/C15H21NO4S/c1-3-8-20-13-6-4-12(5-7-13)16(9-14(17)18)15(19)11(2)10-21/h4-7,11,21H,3,8-10H2,1-2H3,(H,17,18)/t11-/m1/s1. The molecular formula is C15H21NO4S. The zero-order chi connectivity index (χ0) is 15.8. The minimum atomic E-state index is -1.05. The molecule has 0 fully saturated rings. The van der Waals surface area contributed by atoms with E-state index in [0.717, 1.165) is 6.42 Å².